The van der Waals surface area contributed by atoms with Gasteiger partial charge in [-0.05, 0) is 44.9 Å². The zero-order chi connectivity index (χ0) is 42.9. The van der Waals surface area contributed by atoms with Crippen LogP contribution in [-0.4, -0.2) is 107 Å². The summed E-state index contributed by atoms with van der Waals surface area (Å²) in [5.74, 6) is -0.712. The number of allylic oxidation sites excluding steroid dienone is 3. The van der Waals surface area contributed by atoms with Gasteiger partial charge in [0.25, 0.3) is 0 Å². The molecule has 13 nitrogen and oxygen atoms in total. The van der Waals surface area contributed by atoms with E-state index in [1.807, 2.05) is 6.08 Å². The number of unbranched alkanes of at least 4 members (excludes halogenated alkanes) is 23. The van der Waals surface area contributed by atoms with Crippen molar-refractivity contribution in [2.24, 2.45) is 0 Å². The number of aliphatic hydroxyl groups is 5. The molecule has 1 heterocycles. The van der Waals surface area contributed by atoms with Crippen LogP contribution in [0.15, 0.2) is 24.3 Å². The number of aliphatic hydroxyl groups excluding tert-OH is 5. The van der Waals surface area contributed by atoms with Crippen LogP contribution in [0.1, 0.15) is 187 Å². The summed E-state index contributed by atoms with van der Waals surface area (Å²) in [6, 6.07) is -1.12. The lowest BCUT2D eigenvalue weighted by Gasteiger charge is -2.41. The molecule has 0 saturated carbocycles. The number of carbonyl (C=O) groups excluding carboxylic acids is 1. The van der Waals surface area contributed by atoms with E-state index in [4.69, 9.17) is 14.0 Å². The molecular weight excluding hydrogens is 767 g/mol. The molecule has 0 bridgehead atoms. The van der Waals surface area contributed by atoms with E-state index in [0.29, 0.717) is 12.8 Å². The van der Waals surface area contributed by atoms with Crippen LogP contribution in [0.3, 0.4) is 0 Å². The van der Waals surface area contributed by atoms with E-state index < -0.39 is 78.5 Å². The Hall–Kier alpha value is -1.46. The van der Waals surface area contributed by atoms with E-state index in [-0.39, 0.29) is 6.42 Å². The van der Waals surface area contributed by atoms with Gasteiger partial charge in [-0.15, -0.1) is 0 Å². The Bertz CT molecular complexity index is 1160. The SMILES string of the molecule is CCCCCCCCCCC/C=C\CCCCCCC(O)C(=O)NC(COC1OC(CO)C(O)C(OS(=O)(=O)O)C1O)C(O)/C=C/CCCCCCCCCCCC. The number of ether oxygens (including phenoxy) is 2. The summed E-state index contributed by atoms with van der Waals surface area (Å²) in [7, 11) is -5.12. The molecule has 8 atom stereocenters. The summed E-state index contributed by atoms with van der Waals surface area (Å²) in [5, 5.41) is 55.1. The first-order chi connectivity index (χ1) is 27.9. The molecule has 1 aliphatic rings. The first-order valence-corrected chi connectivity index (χ1v) is 24.2. The van der Waals surface area contributed by atoms with E-state index in [1.165, 1.54) is 109 Å². The zero-order valence-corrected chi connectivity index (χ0v) is 36.8. The Labute approximate surface area is 351 Å². The summed E-state index contributed by atoms with van der Waals surface area (Å²) < 4.78 is 47.4. The van der Waals surface area contributed by atoms with Crippen molar-refractivity contribution in [1.29, 1.82) is 0 Å². The predicted octanol–water partition coefficient (Wildman–Crippen LogP) is 7.52. The highest BCUT2D eigenvalue weighted by molar-refractivity contribution is 7.80. The maximum absolute atomic E-state index is 13.1. The molecule has 0 spiro atoms. The minimum absolute atomic E-state index is 0.230. The fourth-order valence-corrected chi connectivity index (χ4v) is 7.67. The molecule has 58 heavy (non-hydrogen) atoms. The van der Waals surface area contributed by atoms with Gasteiger partial charge in [-0.25, -0.2) is 4.18 Å². The monoisotopic (exact) mass is 850 g/mol. The summed E-state index contributed by atoms with van der Waals surface area (Å²) in [6.07, 6.45) is 26.9. The fourth-order valence-electron chi connectivity index (χ4n) is 7.16. The van der Waals surface area contributed by atoms with E-state index in [2.05, 4.69) is 35.5 Å². The van der Waals surface area contributed by atoms with Crippen molar-refractivity contribution in [2.45, 2.75) is 236 Å². The maximum atomic E-state index is 13.1. The average molecular weight is 850 g/mol. The number of hydrogen-bond acceptors (Lipinski definition) is 11. The molecule has 1 fully saturated rings. The topological polar surface area (TPSA) is 212 Å². The van der Waals surface area contributed by atoms with E-state index in [0.717, 1.165) is 51.4 Å². The van der Waals surface area contributed by atoms with E-state index in [9.17, 15) is 38.7 Å². The third-order valence-corrected chi connectivity index (χ3v) is 11.3. The Morgan fingerprint density at radius 3 is 1.60 bits per heavy atom. The average Bonchev–Trinajstić information content (AvgIpc) is 3.19. The number of nitrogens with one attached hydrogen (secondary N) is 1. The Morgan fingerprint density at radius 2 is 1.14 bits per heavy atom. The zero-order valence-electron chi connectivity index (χ0n) is 36.0. The quantitative estimate of drug-likeness (QED) is 0.0183. The van der Waals surface area contributed by atoms with Crippen LogP contribution < -0.4 is 5.32 Å². The highest BCUT2D eigenvalue weighted by Crippen LogP contribution is 2.26. The van der Waals surface area contributed by atoms with Crippen LogP contribution in [0.25, 0.3) is 0 Å². The van der Waals surface area contributed by atoms with Crippen LogP contribution in [0.5, 0.6) is 0 Å². The van der Waals surface area contributed by atoms with Crippen LogP contribution in [0.4, 0.5) is 0 Å². The minimum Gasteiger partial charge on any atom is -0.394 e. The lowest BCUT2D eigenvalue weighted by Crippen LogP contribution is -2.61. The standard InChI is InChI=1S/C44H83NO12S/c1-3-5-7-9-11-13-15-17-18-19-20-21-23-25-27-29-31-33-38(48)43(51)45-36(37(47)32-30-28-26-24-22-16-14-12-10-8-6-4-2)35-55-44-41(50)42(57-58(52,53)54)40(49)39(34-46)56-44/h20-21,30,32,36-42,44,46-50H,3-19,22-29,31,33-35H2,1-2H3,(H,45,51)(H,52,53,54)/b21-20-,32-30+. The van der Waals surface area contributed by atoms with Gasteiger partial charge in [-0.1, -0.05) is 167 Å². The van der Waals surface area contributed by atoms with Crippen molar-refractivity contribution in [3.8, 4) is 0 Å². The molecule has 1 rings (SSSR count). The van der Waals surface area contributed by atoms with Gasteiger partial charge < -0.3 is 40.3 Å². The first kappa shape index (κ1) is 54.6. The van der Waals surface area contributed by atoms with Crippen molar-refractivity contribution >= 4 is 16.3 Å². The molecule has 7 N–H and O–H groups in total. The molecule has 0 aliphatic carbocycles. The lowest BCUT2D eigenvalue weighted by molar-refractivity contribution is -0.298. The number of rotatable bonds is 38. The van der Waals surface area contributed by atoms with Crippen molar-refractivity contribution in [3.05, 3.63) is 24.3 Å². The van der Waals surface area contributed by atoms with Crippen molar-refractivity contribution in [2.75, 3.05) is 13.2 Å². The molecule has 342 valence electrons. The third kappa shape index (κ3) is 27.4. The fraction of sp³-hybridized carbons (Fsp3) is 0.886. The predicted molar refractivity (Wildman–Crippen MR) is 228 cm³/mol. The van der Waals surface area contributed by atoms with Gasteiger partial charge in [0.1, 0.15) is 30.5 Å². The second-order valence-electron chi connectivity index (χ2n) is 16.1. The molecule has 1 saturated heterocycles. The van der Waals surface area contributed by atoms with Gasteiger partial charge in [0.15, 0.2) is 6.29 Å². The molecule has 1 amide bonds. The number of carbonyl (C=O) groups is 1. The molecule has 0 aromatic carbocycles. The van der Waals surface area contributed by atoms with Gasteiger partial charge in [-0.3, -0.25) is 9.35 Å². The summed E-state index contributed by atoms with van der Waals surface area (Å²) in [4.78, 5) is 13.1. The van der Waals surface area contributed by atoms with Gasteiger partial charge in [0.05, 0.1) is 25.4 Å². The lowest BCUT2D eigenvalue weighted by atomic mass is 9.99. The van der Waals surface area contributed by atoms with Gasteiger partial charge >= 0.3 is 10.4 Å². The molecule has 8 unspecified atom stereocenters. The van der Waals surface area contributed by atoms with Crippen molar-refractivity contribution in [1.82, 2.24) is 5.32 Å². The first-order valence-electron chi connectivity index (χ1n) is 22.8. The van der Waals surface area contributed by atoms with Crippen LogP contribution in [0, 0.1) is 0 Å². The van der Waals surface area contributed by atoms with Gasteiger partial charge in [0.2, 0.25) is 5.91 Å². The van der Waals surface area contributed by atoms with Crippen LogP contribution >= 0.6 is 0 Å². The molecule has 0 radical (unpaired) electrons. The second-order valence-corrected chi connectivity index (χ2v) is 17.2. The van der Waals surface area contributed by atoms with Crippen molar-refractivity contribution < 1.29 is 57.0 Å². The van der Waals surface area contributed by atoms with Gasteiger partial charge in [-0.2, -0.15) is 8.42 Å². The normalized spacial score (nSPS) is 21.8. The summed E-state index contributed by atoms with van der Waals surface area (Å²) in [6.45, 7) is 3.19. The number of hydrogen-bond donors (Lipinski definition) is 7. The second kappa shape index (κ2) is 35.2. The Kier molecular flexibility index (Phi) is 33.1. The molecule has 0 aromatic heterocycles. The van der Waals surface area contributed by atoms with Crippen LogP contribution in [0.2, 0.25) is 0 Å². The largest absolute Gasteiger partial charge is 0.397 e. The highest BCUT2D eigenvalue weighted by atomic mass is 32.3. The maximum Gasteiger partial charge on any atom is 0.397 e. The third-order valence-electron chi connectivity index (χ3n) is 10.8. The van der Waals surface area contributed by atoms with Crippen LogP contribution in [-0.2, 0) is 28.9 Å². The Morgan fingerprint density at radius 1 is 0.690 bits per heavy atom. The smallest absolute Gasteiger partial charge is 0.394 e. The van der Waals surface area contributed by atoms with Gasteiger partial charge in [0, 0.05) is 0 Å². The summed E-state index contributed by atoms with van der Waals surface area (Å²) >= 11 is 0. The molecule has 0 aromatic rings. The van der Waals surface area contributed by atoms with E-state index >= 15 is 0 Å². The van der Waals surface area contributed by atoms with E-state index in [1.54, 1.807) is 0 Å². The Balaban J connectivity index is 2.59. The van der Waals surface area contributed by atoms with Crippen molar-refractivity contribution in [3.63, 3.8) is 0 Å². The minimum atomic E-state index is -5.12. The molecule has 14 heteroatoms. The number of amides is 1. The summed E-state index contributed by atoms with van der Waals surface area (Å²) in [5.41, 5.74) is 0. The molecule has 1 aliphatic heterocycles. The highest BCUT2D eigenvalue weighted by Gasteiger charge is 2.48. The molecular formula is C44H83NO12S.